The van der Waals surface area contributed by atoms with Crippen molar-refractivity contribution in [2.24, 2.45) is 0 Å². The molecule has 15 heavy (non-hydrogen) atoms. The molecule has 1 aliphatic rings. The molecule has 1 aliphatic heterocycles. The molecule has 3 heteroatoms. The molecular formula is C12H17ClN2. The largest absolute Gasteiger partial charge is 0.381 e. The van der Waals surface area contributed by atoms with Crippen molar-refractivity contribution in [3.8, 4) is 0 Å². The molecule has 0 fully saturated rings. The molecule has 2 nitrogen and oxygen atoms in total. The van der Waals surface area contributed by atoms with Gasteiger partial charge in [-0.3, -0.25) is 0 Å². The van der Waals surface area contributed by atoms with Crippen LogP contribution in [0, 0.1) is 6.92 Å². The highest BCUT2D eigenvalue weighted by Gasteiger charge is 2.22. The fourth-order valence-corrected chi connectivity index (χ4v) is 2.47. The van der Waals surface area contributed by atoms with Crippen LogP contribution in [0.3, 0.4) is 0 Å². The number of rotatable bonds is 1. The lowest BCUT2D eigenvalue weighted by Gasteiger charge is -2.37. The molecule has 1 heterocycles. The van der Waals surface area contributed by atoms with Crippen molar-refractivity contribution in [2.45, 2.75) is 26.3 Å². The first-order valence-electron chi connectivity index (χ1n) is 5.40. The summed E-state index contributed by atoms with van der Waals surface area (Å²) in [6.07, 6.45) is 1.15. The Morgan fingerprint density at radius 2 is 2.27 bits per heavy atom. The van der Waals surface area contributed by atoms with Gasteiger partial charge in [-0.15, -0.1) is 0 Å². The molecule has 1 unspecified atom stereocenters. The fourth-order valence-electron chi connectivity index (χ4n) is 2.21. The molecule has 2 rings (SSSR count). The minimum atomic E-state index is 0.565. The van der Waals surface area contributed by atoms with Gasteiger partial charge < -0.3 is 10.2 Å². The number of nitrogens with zero attached hydrogens (tertiary/aromatic N) is 1. The molecule has 1 N–H and O–H groups in total. The molecule has 0 bridgehead atoms. The normalized spacial score (nSPS) is 19.7. The maximum Gasteiger partial charge on any atom is 0.0620 e. The Labute approximate surface area is 96.2 Å². The topological polar surface area (TPSA) is 15.3 Å². The Hall–Kier alpha value is -0.890. The summed E-state index contributed by atoms with van der Waals surface area (Å²) in [5.74, 6) is 0. The van der Waals surface area contributed by atoms with Gasteiger partial charge >= 0.3 is 0 Å². The zero-order valence-corrected chi connectivity index (χ0v) is 10.2. The predicted molar refractivity (Wildman–Crippen MR) is 67.2 cm³/mol. The minimum absolute atomic E-state index is 0.565. The van der Waals surface area contributed by atoms with E-state index in [4.69, 9.17) is 11.6 Å². The van der Waals surface area contributed by atoms with Gasteiger partial charge in [-0.2, -0.15) is 0 Å². The van der Waals surface area contributed by atoms with Gasteiger partial charge in [0.25, 0.3) is 0 Å². The third kappa shape index (κ3) is 1.78. The van der Waals surface area contributed by atoms with E-state index in [1.165, 1.54) is 16.9 Å². The molecular weight excluding hydrogens is 208 g/mol. The number of benzene rings is 1. The Morgan fingerprint density at radius 1 is 1.53 bits per heavy atom. The zero-order valence-electron chi connectivity index (χ0n) is 9.47. The van der Waals surface area contributed by atoms with Crippen molar-refractivity contribution in [2.75, 3.05) is 23.8 Å². The van der Waals surface area contributed by atoms with Crippen LogP contribution in [0.25, 0.3) is 0 Å². The van der Waals surface area contributed by atoms with Crippen molar-refractivity contribution in [3.05, 3.63) is 22.7 Å². The van der Waals surface area contributed by atoms with Crippen LogP contribution in [0.2, 0.25) is 5.02 Å². The van der Waals surface area contributed by atoms with Crippen molar-refractivity contribution < 1.29 is 0 Å². The Balaban J connectivity index is 2.46. The summed E-state index contributed by atoms with van der Waals surface area (Å²) in [7, 11) is 2.14. The molecule has 0 saturated heterocycles. The number of nitrogens with one attached hydrogen (secondary N) is 1. The van der Waals surface area contributed by atoms with Gasteiger partial charge in [0.15, 0.2) is 0 Å². The average molecular weight is 225 g/mol. The van der Waals surface area contributed by atoms with Crippen LogP contribution in [0.1, 0.15) is 18.9 Å². The molecule has 0 aromatic heterocycles. The fraction of sp³-hybridized carbons (Fsp3) is 0.500. The van der Waals surface area contributed by atoms with Crippen molar-refractivity contribution in [3.63, 3.8) is 0 Å². The maximum atomic E-state index is 6.08. The monoisotopic (exact) mass is 224 g/mol. The Morgan fingerprint density at radius 3 is 2.93 bits per heavy atom. The summed E-state index contributed by atoms with van der Waals surface area (Å²) in [6.45, 7) is 5.32. The van der Waals surface area contributed by atoms with Gasteiger partial charge in [0.05, 0.1) is 11.4 Å². The maximum absolute atomic E-state index is 6.08. The van der Waals surface area contributed by atoms with Crippen molar-refractivity contribution in [1.82, 2.24) is 0 Å². The first-order chi connectivity index (χ1) is 7.13. The summed E-state index contributed by atoms with van der Waals surface area (Å²) in [6, 6.07) is 4.61. The molecule has 82 valence electrons. The van der Waals surface area contributed by atoms with E-state index in [9.17, 15) is 0 Å². The van der Waals surface area contributed by atoms with E-state index in [2.05, 4.69) is 31.1 Å². The van der Waals surface area contributed by atoms with E-state index in [-0.39, 0.29) is 0 Å². The van der Waals surface area contributed by atoms with Gasteiger partial charge in [0, 0.05) is 24.7 Å². The molecule has 0 radical (unpaired) electrons. The van der Waals surface area contributed by atoms with Crippen LogP contribution in [-0.2, 0) is 0 Å². The molecule has 0 amide bonds. The summed E-state index contributed by atoms with van der Waals surface area (Å²) >= 11 is 6.08. The first-order valence-corrected chi connectivity index (χ1v) is 5.78. The van der Waals surface area contributed by atoms with Crippen LogP contribution < -0.4 is 10.2 Å². The van der Waals surface area contributed by atoms with E-state index >= 15 is 0 Å². The third-order valence-corrected chi connectivity index (χ3v) is 3.41. The molecule has 0 aliphatic carbocycles. The average Bonchev–Trinajstić information content (AvgIpc) is 2.19. The van der Waals surface area contributed by atoms with Crippen LogP contribution >= 0.6 is 11.6 Å². The van der Waals surface area contributed by atoms with Crippen LogP contribution in [0.15, 0.2) is 12.1 Å². The summed E-state index contributed by atoms with van der Waals surface area (Å²) in [5.41, 5.74) is 3.67. The molecule has 1 aromatic carbocycles. The number of fused-ring (bicyclic) bond motifs is 1. The molecule has 0 saturated carbocycles. The quantitative estimate of drug-likeness (QED) is 0.788. The number of anilines is 2. The van der Waals surface area contributed by atoms with Gasteiger partial charge in [-0.1, -0.05) is 18.5 Å². The van der Waals surface area contributed by atoms with Crippen LogP contribution in [-0.4, -0.2) is 19.6 Å². The molecule has 1 atom stereocenters. The van der Waals surface area contributed by atoms with Crippen LogP contribution in [0.5, 0.6) is 0 Å². The smallest absolute Gasteiger partial charge is 0.0620 e. The standard InChI is InChI=1S/C12H17ClN2/c1-4-10-7-14-12-8(2)5-9(13)6-11(12)15(10)3/h5-6,10,14H,4,7H2,1-3H3. The third-order valence-electron chi connectivity index (χ3n) is 3.19. The first kappa shape index (κ1) is 10.6. The summed E-state index contributed by atoms with van der Waals surface area (Å²) in [5, 5.41) is 4.31. The van der Waals surface area contributed by atoms with E-state index in [0.717, 1.165) is 18.0 Å². The van der Waals surface area contributed by atoms with E-state index < -0.39 is 0 Å². The SMILES string of the molecule is CCC1CNc2c(C)cc(Cl)cc2N1C. The summed E-state index contributed by atoms with van der Waals surface area (Å²) < 4.78 is 0. The number of hydrogen-bond donors (Lipinski definition) is 1. The zero-order chi connectivity index (χ0) is 11.0. The number of aryl methyl sites for hydroxylation is 1. The lowest BCUT2D eigenvalue weighted by molar-refractivity contribution is 0.622. The van der Waals surface area contributed by atoms with Gasteiger partial charge in [0.2, 0.25) is 0 Å². The van der Waals surface area contributed by atoms with Crippen molar-refractivity contribution >= 4 is 23.0 Å². The lowest BCUT2D eigenvalue weighted by Crippen LogP contribution is -2.41. The summed E-state index contributed by atoms with van der Waals surface area (Å²) in [4.78, 5) is 2.32. The molecule has 0 spiro atoms. The van der Waals surface area contributed by atoms with E-state index in [0.29, 0.717) is 6.04 Å². The minimum Gasteiger partial charge on any atom is -0.381 e. The van der Waals surface area contributed by atoms with Crippen molar-refractivity contribution in [1.29, 1.82) is 0 Å². The van der Waals surface area contributed by atoms with Gasteiger partial charge in [0.1, 0.15) is 0 Å². The van der Waals surface area contributed by atoms with Gasteiger partial charge in [-0.25, -0.2) is 0 Å². The second-order valence-corrected chi connectivity index (χ2v) is 4.61. The second-order valence-electron chi connectivity index (χ2n) is 4.17. The highest BCUT2D eigenvalue weighted by Crippen LogP contribution is 2.36. The number of likely N-dealkylation sites (N-methyl/N-ethyl adjacent to an activating group) is 1. The Bertz CT molecular complexity index is 376. The predicted octanol–water partition coefficient (Wildman–Crippen LogP) is 3.29. The van der Waals surface area contributed by atoms with Gasteiger partial charge in [-0.05, 0) is 31.0 Å². The Kier molecular flexibility index (Phi) is 2.79. The van der Waals surface area contributed by atoms with Crippen LogP contribution in [0.4, 0.5) is 11.4 Å². The van der Waals surface area contributed by atoms with E-state index in [1.54, 1.807) is 0 Å². The highest BCUT2D eigenvalue weighted by atomic mass is 35.5. The molecule has 1 aromatic rings. The second kappa shape index (κ2) is 3.93. The number of hydrogen-bond acceptors (Lipinski definition) is 2. The highest BCUT2D eigenvalue weighted by molar-refractivity contribution is 6.31. The lowest BCUT2D eigenvalue weighted by atomic mass is 10.0. The van der Waals surface area contributed by atoms with E-state index in [1.807, 2.05) is 12.1 Å². The number of halogens is 1.